The summed E-state index contributed by atoms with van der Waals surface area (Å²) in [5.74, 6) is 1.76. The normalized spacial score (nSPS) is 23.2. The third-order valence-corrected chi connectivity index (χ3v) is 5.17. The molecule has 0 bridgehead atoms. The van der Waals surface area contributed by atoms with Gasteiger partial charge in [-0.15, -0.1) is 0 Å². The molecule has 1 fully saturated rings. The van der Waals surface area contributed by atoms with Crippen LogP contribution in [0.25, 0.3) is 0 Å². The zero-order valence-electron chi connectivity index (χ0n) is 12.2. The molecule has 0 aliphatic heterocycles. The summed E-state index contributed by atoms with van der Waals surface area (Å²) in [4.78, 5) is 0. The Kier molecular flexibility index (Phi) is 3.59. The molecule has 4 rings (SSSR count). The molecule has 0 heterocycles. The van der Waals surface area contributed by atoms with E-state index in [0.717, 1.165) is 4.47 Å². The number of hydrogen-bond acceptors (Lipinski definition) is 0. The first-order chi connectivity index (χ1) is 10.8. The molecule has 1 aliphatic rings. The first-order valence-electron chi connectivity index (χ1n) is 7.70. The first-order valence-corrected chi connectivity index (χ1v) is 8.49. The van der Waals surface area contributed by atoms with Gasteiger partial charge in [-0.25, -0.2) is 0 Å². The van der Waals surface area contributed by atoms with Crippen LogP contribution in [0.5, 0.6) is 0 Å². The lowest BCUT2D eigenvalue weighted by Gasteiger charge is -2.01. The van der Waals surface area contributed by atoms with Gasteiger partial charge in [-0.2, -0.15) is 0 Å². The Morgan fingerprint density at radius 1 is 0.455 bits per heavy atom. The lowest BCUT2D eigenvalue weighted by molar-refractivity contribution is 1.03. The van der Waals surface area contributed by atoms with Crippen LogP contribution in [-0.4, -0.2) is 0 Å². The van der Waals surface area contributed by atoms with Crippen molar-refractivity contribution in [2.75, 3.05) is 0 Å². The minimum absolute atomic E-state index is 0.581. The summed E-state index contributed by atoms with van der Waals surface area (Å²) in [6.45, 7) is 0. The summed E-state index contributed by atoms with van der Waals surface area (Å²) < 4.78 is 1.14. The lowest BCUT2D eigenvalue weighted by Crippen LogP contribution is -1.83. The van der Waals surface area contributed by atoms with Crippen LogP contribution in [-0.2, 0) is 0 Å². The molecule has 0 saturated heterocycles. The molecule has 0 amide bonds. The Labute approximate surface area is 140 Å². The minimum atomic E-state index is 0.581. The highest BCUT2D eigenvalue weighted by Crippen LogP contribution is 2.66. The van der Waals surface area contributed by atoms with E-state index in [9.17, 15) is 0 Å². The Balaban J connectivity index is 1.73. The van der Waals surface area contributed by atoms with Gasteiger partial charge in [-0.1, -0.05) is 88.7 Å². The average Bonchev–Trinajstić information content (AvgIpc) is 3.33. The highest BCUT2D eigenvalue weighted by Gasteiger charge is 2.52. The number of benzene rings is 3. The molecule has 108 valence electrons. The molecule has 3 aromatic carbocycles. The standard InChI is InChI=1S/C21H17Br/c22-18-13-11-17(12-14-18)21-19(15-7-3-1-4-8-15)20(21)16-9-5-2-6-10-16/h1-14,19-21H/t19-,20-/m1/s1. The SMILES string of the molecule is Brc1ccc(C2[C@H](c3ccccc3)[C@H]2c2ccccc2)cc1. The number of halogens is 1. The summed E-state index contributed by atoms with van der Waals surface area (Å²) in [7, 11) is 0. The Hall–Kier alpha value is -1.86. The zero-order valence-corrected chi connectivity index (χ0v) is 13.8. The van der Waals surface area contributed by atoms with E-state index in [0.29, 0.717) is 17.8 Å². The second-order valence-corrected chi connectivity index (χ2v) is 6.87. The average molecular weight is 349 g/mol. The quantitative estimate of drug-likeness (QED) is 0.535. The van der Waals surface area contributed by atoms with Crippen molar-refractivity contribution >= 4 is 15.9 Å². The van der Waals surface area contributed by atoms with Gasteiger partial charge >= 0.3 is 0 Å². The lowest BCUT2D eigenvalue weighted by atomic mass is 10.0. The maximum Gasteiger partial charge on any atom is 0.0175 e. The van der Waals surface area contributed by atoms with Gasteiger partial charge < -0.3 is 0 Å². The van der Waals surface area contributed by atoms with Crippen LogP contribution >= 0.6 is 15.9 Å². The number of rotatable bonds is 3. The van der Waals surface area contributed by atoms with Crippen molar-refractivity contribution in [3.05, 3.63) is 106 Å². The van der Waals surface area contributed by atoms with Gasteiger partial charge in [0, 0.05) is 4.47 Å². The molecule has 3 aromatic rings. The smallest absolute Gasteiger partial charge is 0.0175 e. The van der Waals surface area contributed by atoms with E-state index in [1.165, 1.54) is 16.7 Å². The molecule has 0 spiro atoms. The second kappa shape index (κ2) is 5.73. The van der Waals surface area contributed by atoms with E-state index in [1.807, 2.05) is 0 Å². The van der Waals surface area contributed by atoms with Gasteiger partial charge in [0.25, 0.3) is 0 Å². The van der Waals surface area contributed by atoms with Gasteiger partial charge in [0.05, 0.1) is 0 Å². The molecule has 1 saturated carbocycles. The third-order valence-electron chi connectivity index (χ3n) is 4.64. The van der Waals surface area contributed by atoms with Crippen LogP contribution in [0.15, 0.2) is 89.4 Å². The Bertz CT molecular complexity index is 701. The summed E-state index contributed by atoms with van der Waals surface area (Å²) in [5, 5.41) is 0. The highest BCUT2D eigenvalue weighted by atomic mass is 79.9. The second-order valence-electron chi connectivity index (χ2n) is 5.95. The van der Waals surface area contributed by atoms with E-state index in [1.54, 1.807) is 0 Å². The molecule has 0 nitrogen and oxygen atoms in total. The summed E-state index contributed by atoms with van der Waals surface area (Å²) in [6.07, 6.45) is 0. The summed E-state index contributed by atoms with van der Waals surface area (Å²) in [5.41, 5.74) is 4.33. The van der Waals surface area contributed by atoms with Crippen molar-refractivity contribution in [3.63, 3.8) is 0 Å². The largest absolute Gasteiger partial charge is 0.0622 e. The van der Waals surface area contributed by atoms with Crippen molar-refractivity contribution in [1.29, 1.82) is 0 Å². The van der Waals surface area contributed by atoms with Crippen molar-refractivity contribution in [2.24, 2.45) is 0 Å². The fourth-order valence-corrected chi connectivity index (χ4v) is 3.85. The predicted molar refractivity (Wildman–Crippen MR) is 95.2 cm³/mol. The van der Waals surface area contributed by atoms with Crippen molar-refractivity contribution in [1.82, 2.24) is 0 Å². The van der Waals surface area contributed by atoms with E-state index in [2.05, 4.69) is 101 Å². The van der Waals surface area contributed by atoms with Crippen LogP contribution in [0.3, 0.4) is 0 Å². The van der Waals surface area contributed by atoms with Crippen molar-refractivity contribution in [3.8, 4) is 0 Å². The molecule has 0 unspecified atom stereocenters. The van der Waals surface area contributed by atoms with E-state index in [-0.39, 0.29) is 0 Å². The predicted octanol–water partition coefficient (Wildman–Crippen LogP) is 6.11. The van der Waals surface area contributed by atoms with Gasteiger partial charge in [0.15, 0.2) is 0 Å². The summed E-state index contributed by atoms with van der Waals surface area (Å²) in [6, 6.07) is 30.6. The van der Waals surface area contributed by atoms with E-state index < -0.39 is 0 Å². The maximum absolute atomic E-state index is 3.54. The molecule has 2 atom stereocenters. The monoisotopic (exact) mass is 348 g/mol. The first kappa shape index (κ1) is 13.8. The molecule has 1 aliphatic carbocycles. The van der Waals surface area contributed by atoms with Crippen LogP contribution in [0.4, 0.5) is 0 Å². The summed E-state index contributed by atoms with van der Waals surface area (Å²) >= 11 is 3.54. The van der Waals surface area contributed by atoms with E-state index >= 15 is 0 Å². The van der Waals surface area contributed by atoms with Gasteiger partial charge in [0.2, 0.25) is 0 Å². The maximum atomic E-state index is 3.54. The van der Waals surface area contributed by atoms with E-state index in [4.69, 9.17) is 0 Å². The van der Waals surface area contributed by atoms with Crippen LogP contribution in [0.2, 0.25) is 0 Å². The Morgan fingerprint density at radius 3 is 1.23 bits per heavy atom. The van der Waals surface area contributed by atoms with Crippen LogP contribution < -0.4 is 0 Å². The van der Waals surface area contributed by atoms with Crippen molar-refractivity contribution < 1.29 is 0 Å². The van der Waals surface area contributed by atoms with Gasteiger partial charge in [0.1, 0.15) is 0 Å². The molecular formula is C21H17Br. The molecule has 0 radical (unpaired) electrons. The molecular weight excluding hydrogens is 332 g/mol. The zero-order chi connectivity index (χ0) is 14.9. The topological polar surface area (TPSA) is 0 Å². The molecule has 0 N–H and O–H groups in total. The van der Waals surface area contributed by atoms with Crippen LogP contribution in [0.1, 0.15) is 34.4 Å². The minimum Gasteiger partial charge on any atom is -0.0622 e. The van der Waals surface area contributed by atoms with Gasteiger partial charge in [-0.05, 0) is 46.6 Å². The fourth-order valence-electron chi connectivity index (χ4n) is 3.59. The fraction of sp³-hybridized carbons (Fsp3) is 0.143. The Morgan fingerprint density at radius 2 is 0.818 bits per heavy atom. The highest BCUT2D eigenvalue weighted by molar-refractivity contribution is 9.10. The van der Waals surface area contributed by atoms with Crippen molar-refractivity contribution in [2.45, 2.75) is 17.8 Å². The molecule has 1 heteroatoms. The van der Waals surface area contributed by atoms with Gasteiger partial charge in [-0.3, -0.25) is 0 Å². The third kappa shape index (κ3) is 2.50. The molecule has 0 aromatic heterocycles. The molecule has 22 heavy (non-hydrogen) atoms. The number of hydrogen-bond donors (Lipinski definition) is 0. The van der Waals surface area contributed by atoms with Crippen LogP contribution in [0, 0.1) is 0 Å².